The number of thiophene rings is 1. The fraction of sp³-hybridized carbons (Fsp3) is 0.227. The van der Waals surface area contributed by atoms with Crippen molar-refractivity contribution in [1.29, 1.82) is 0 Å². The molecule has 1 aliphatic rings. The largest absolute Gasteiger partial charge is 0.503 e. The number of hydrogen-bond acceptors (Lipinski definition) is 6. The van der Waals surface area contributed by atoms with Crippen LogP contribution < -0.4 is 4.90 Å². The molecule has 0 fully saturated rings. The van der Waals surface area contributed by atoms with Gasteiger partial charge in [0, 0.05) is 10.6 Å². The van der Waals surface area contributed by atoms with Crippen LogP contribution in [0.5, 0.6) is 0 Å². The molecule has 1 aliphatic heterocycles. The quantitative estimate of drug-likeness (QED) is 0.583. The fourth-order valence-corrected chi connectivity index (χ4v) is 5.48. The number of aromatic nitrogens is 1. The van der Waals surface area contributed by atoms with Crippen LogP contribution in [-0.2, 0) is 4.79 Å². The highest BCUT2D eigenvalue weighted by molar-refractivity contribution is 7.14. The first kappa shape index (κ1) is 19.5. The number of aliphatic hydroxyl groups is 1. The maximum absolute atomic E-state index is 13.5. The predicted octanol–water partition coefficient (Wildman–Crippen LogP) is 5.22. The topological polar surface area (TPSA) is 70.5 Å². The van der Waals surface area contributed by atoms with Gasteiger partial charge in [0.1, 0.15) is 6.04 Å². The van der Waals surface area contributed by atoms with Gasteiger partial charge in [-0.3, -0.25) is 14.5 Å². The summed E-state index contributed by atoms with van der Waals surface area (Å²) in [7, 11) is 0. The van der Waals surface area contributed by atoms with Crippen molar-refractivity contribution < 1.29 is 14.7 Å². The van der Waals surface area contributed by atoms with E-state index in [4.69, 9.17) is 0 Å². The van der Waals surface area contributed by atoms with Crippen molar-refractivity contribution >= 4 is 40.1 Å². The second-order valence-corrected chi connectivity index (χ2v) is 9.27. The number of hydrogen-bond donors (Lipinski definition) is 1. The summed E-state index contributed by atoms with van der Waals surface area (Å²) in [5, 5.41) is 13.5. The molecule has 3 heterocycles. The zero-order valence-corrected chi connectivity index (χ0v) is 18.1. The molecule has 5 nitrogen and oxygen atoms in total. The minimum absolute atomic E-state index is 0.118. The molecule has 0 bridgehead atoms. The molecule has 0 radical (unpaired) electrons. The highest BCUT2D eigenvalue weighted by Gasteiger charge is 2.46. The van der Waals surface area contributed by atoms with Crippen LogP contribution in [0.25, 0.3) is 0 Å². The number of benzene rings is 1. The zero-order valence-electron chi connectivity index (χ0n) is 16.5. The predicted molar refractivity (Wildman–Crippen MR) is 116 cm³/mol. The lowest BCUT2D eigenvalue weighted by Crippen LogP contribution is -2.30. The molecule has 29 heavy (non-hydrogen) atoms. The maximum Gasteiger partial charge on any atom is 0.294 e. The zero-order chi connectivity index (χ0) is 20.9. The van der Waals surface area contributed by atoms with E-state index in [0.717, 1.165) is 21.0 Å². The molecule has 0 saturated carbocycles. The minimum atomic E-state index is -0.667. The second kappa shape index (κ2) is 7.24. The maximum atomic E-state index is 13.5. The molecule has 1 atom stereocenters. The number of aliphatic hydroxyl groups excluding tert-OH is 1. The molecule has 1 N–H and O–H groups in total. The van der Waals surface area contributed by atoms with Crippen molar-refractivity contribution in [2.24, 2.45) is 0 Å². The Morgan fingerprint density at radius 3 is 2.34 bits per heavy atom. The summed E-state index contributed by atoms with van der Waals surface area (Å²) >= 11 is 2.76. The van der Waals surface area contributed by atoms with Gasteiger partial charge in [0.25, 0.3) is 5.91 Å². The number of carbonyl (C=O) groups is 2. The van der Waals surface area contributed by atoms with E-state index < -0.39 is 17.7 Å². The van der Waals surface area contributed by atoms with E-state index >= 15 is 0 Å². The monoisotopic (exact) mass is 424 g/mol. The van der Waals surface area contributed by atoms with Crippen LogP contribution in [0.15, 0.2) is 47.0 Å². The Balaban J connectivity index is 1.89. The van der Waals surface area contributed by atoms with Gasteiger partial charge in [-0.05, 0) is 56.8 Å². The van der Waals surface area contributed by atoms with Crippen LogP contribution in [0.2, 0.25) is 0 Å². The van der Waals surface area contributed by atoms with E-state index in [0.29, 0.717) is 16.3 Å². The highest BCUT2D eigenvalue weighted by Crippen LogP contribution is 2.45. The third-order valence-corrected chi connectivity index (χ3v) is 7.17. The Labute approximate surface area is 177 Å². The summed E-state index contributed by atoms with van der Waals surface area (Å²) < 4.78 is 0. The SMILES string of the molecule is Cc1ccc(N2C(=O)C(O)=C(C(=O)c3sc(C)nc3C)C2c2sccc2C)cc1. The summed E-state index contributed by atoms with van der Waals surface area (Å²) in [6.07, 6.45) is 0. The average molecular weight is 425 g/mol. The summed E-state index contributed by atoms with van der Waals surface area (Å²) in [6, 6.07) is 8.79. The Morgan fingerprint density at radius 1 is 1.10 bits per heavy atom. The lowest BCUT2D eigenvalue weighted by atomic mass is 9.98. The molecule has 1 aromatic carbocycles. The molecule has 0 spiro atoms. The van der Waals surface area contributed by atoms with Crippen LogP contribution in [0.1, 0.15) is 42.4 Å². The van der Waals surface area contributed by atoms with Crippen LogP contribution in [0, 0.1) is 27.7 Å². The normalized spacial score (nSPS) is 16.8. The summed E-state index contributed by atoms with van der Waals surface area (Å²) in [4.78, 5) is 33.7. The number of amides is 1. The first-order valence-corrected chi connectivity index (χ1v) is 10.8. The number of anilines is 1. The van der Waals surface area contributed by atoms with Gasteiger partial charge in [-0.1, -0.05) is 17.7 Å². The summed E-state index contributed by atoms with van der Waals surface area (Å²) in [5.41, 5.74) is 3.41. The lowest BCUT2D eigenvalue weighted by molar-refractivity contribution is -0.117. The van der Waals surface area contributed by atoms with E-state index in [1.165, 1.54) is 27.6 Å². The fourth-order valence-electron chi connectivity index (χ4n) is 3.59. The molecule has 1 unspecified atom stereocenters. The number of aryl methyl sites for hydroxylation is 4. The van der Waals surface area contributed by atoms with E-state index in [1.807, 2.05) is 56.5 Å². The van der Waals surface area contributed by atoms with Crippen LogP contribution in [-0.4, -0.2) is 21.8 Å². The molecule has 0 saturated heterocycles. The number of carbonyl (C=O) groups excluding carboxylic acids is 2. The first-order valence-electron chi connectivity index (χ1n) is 9.15. The Hall–Kier alpha value is -2.77. The second-order valence-electron chi connectivity index (χ2n) is 7.12. The number of rotatable bonds is 4. The molecule has 148 valence electrons. The van der Waals surface area contributed by atoms with Crippen molar-refractivity contribution in [3.05, 3.63) is 78.6 Å². The average Bonchev–Trinajstić information content (AvgIpc) is 3.32. The van der Waals surface area contributed by atoms with Crippen LogP contribution in [0.4, 0.5) is 5.69 Å². The third kappa shape index (κ3) is 3.20. The Kier molecular flexibility index (Phi) is 4.88. The molecule has 1 amide bonds. The molecule has 0 aliphatic carbocycles. The van der Waals surface area contributed by atoms with Crippen molar-refractivity contribution in [2.75, 3.05) is 4.90 Å². The van der Waals surface area contributed by atoms with Crippen molar-refractivity contribution in [2.45, 2.75) is 33.7 Å². The van der Waals surface area contributed by atoms with Gasteiger partial charge < -0.3 is 5.11 Å². The molecular formula is C22H20N2O3S2. The third-order valence-electron chi connectivity index (χ3n) is 5.02. The van der Waals surface area contributed by atoms with Gasteiger partial charge in [-0.15, -0.1) is 22.7 Å². The van der Waals surface area contributed by atoms with Gasteiger partial charge in [-0.25, -0.2) is 4.98 Å². The van der Waals surface area contributed by atoms with Gasteiger partial charge in [0.15, 0.2) is 5.76 Å². The smallest absolute Gasteiger partial charge is 0.294 e. The first-order chi connectivity index (χ1) is 13.8. The van der Waals surface area contributed by atoms with Crippen LogP contribution in [0.3, 0.4) is 0 Å². The van der Waals surface area contributed by atoms with Gasteiger partial charge >= 0.3 is 0 Å². The van der Waals surface area contributed by atoms with E-state index in [1.54, 1.807) is 6.92 Å². The molecule has 4 rings (SSSR count). The number of ketones is 1. The number of nitrogens with zero attached hydrogens (tertiary/aromatic N) is 2. The van der Waals surface area contributed by atoms with Crippen molar-refractivity contribution in [3.63, 3.8) is 0 Å². The Bertz CT molecular complexity index is 1160. The van der Waals surface area contributed by atoms with E-state index in [9.17, 15) is 14.7 Å². The minimum Gasteiger partial charge on any atom is -0.503 e. The molecule has 2 aromatic heterocycles. The van der Waals surface area contributed by atoms with E-state index in [2.05, 4.69) is 4.98 Å². The lowest BCUT2D eigenvalue weighted by Gasteiger charge is -2.26. The number of Topliss-reactive ketones (excluding diaryl/α,β-unsaturated/α-hetero) is 1. The van der Waals surface area contributed by atoms with Crippen molar-refractivity contribution in [1.82, 2.24) is 4.98 Å². The highest BCUT2D eigenvalue weighted by atomic mass is 32.1. The summed E-state index contributed by atoms with van der Waals surface area (Å²) in [6.45, 7) is 7.52. The van der Waals surface area contributed by atoms with Crippen LogP contribution >= 0.6 is 22.7 Å². The molecular weight excluding hydrogens is 404 g/mol. The molecule has 3 aromatic rings. The Morgan fingerprint density at radius 2 is 1.79 bits per heavy atom. The van der Waals surface area contributed by atoms with Gasteiger partial charge in [0.05, 0.1) is 21.2 Å². The van der Waals surface area contributed by atoms with E-state index in [-0.39, 0.29) is 11.4 Å². The summed E-state index contributed by atoms with van der Waals surface area (Å²) in [5.74, 6) is -1.39. The standard InChI is InChI=1S/C22H20N2O3S2/c1-11-5-7-15(8-6-11)24-17(20-12(2)9-10-28-20)16(19(26)22(24)27)18(25)21-13(3)23-14(4)29-21/h5-10,17,26H,1-4H3. The van der Waals surface area contributed by atoms with Gasteiger partial charge in [-0.2, -0.15) is 0 Å². The van der Waals surface area contributed by atoms with Crippen molar-refractivity contribution in [3.8, 4) is 0 Å². The van der Waals surface area contributed by atoms with Gasteiger partial charge in [0.2, 0.25) is 5.78 Å². The number of thiazole rings is 1. The molecule has 7 heteroatoms.